The summed E-state index contributed by atoms with van der Waals surface area (Å²) in [6.07, 6.45) is 2.42. The van der Waals surface area contributed by atoms with Gasteiger partial charge in [-0.05, 0) is 35.7 Å². The maximum Gasteiger partial charge on any atom is 0.244 e. The second kappa shape index (κ2) is 8.26. The van der Waals surface area contributed by atoms with Gasteiger partial charge in [-0.1, -0.05) is 26.0 Å². The van der Waals surface area contributed by atoms with E-state index in [0.29, 0.717) is 12.1 Å². The van der Waals surface area contributed by atoms with Gasteiger partial charge >= 0.3 is 0 Å². The van der Waals surface area contributed by atoms with Gasteiger partial charge in [0.15, 0.2) is 0 Å². The summed E-state index contributed by atoms with van der Waals surface area (Å²) in [5, 5.41) is 14.7. The van der Waals surface area contributed by atoms with Crippen molar-refractivity contribution in [2.75, 3.05) is 13.1 Å². The summed E-state index contributed by atoms with van der Waals surface area (Å²) >= 11 is 0. The molecule has 0 radical (unpaired) electrons. The first-order valence-electron chi connectivity index (χ1n) is 8.92. The maximum atomic E-state index is 13.1. The molecule has 27 heavy (non-hydrogen) atoms. The summed E-state index contributed by atoms with van der Waals surface area (Å²) in [4.78, 5) is 18.7. The van der Waals surface area contributed by atoms with E-state index in [1.807, 2.05) is 19.9 Å². The Labute approximate surface area is 157 Å². The third kappa shape index (κ3) is 4.68. The Bertz CT molecular complexity index is 908. The molecule has 1 N–H and O–H groups in total. The molecule has 1 unspecified atom stereocenters. The number of pyridine rings is 1. The number of halogens is 1. The highest BCUT2D eigenvalue weighted by atomic mass is 19.1. The van der Waals surface area contributed by atoms with Gasteiger partial charge in [-0.2, -0.15) is 5.10 Å². The molecule has 1 amide bonds. The quantitative estimate of drug-likeness (QED) is 0.694. The van der Waals surface area contributed by atoms with Gasteiger partial charge in [0.05, 0.1) is 24.4 Å². The molecule has 0 aliphatic carbocycles. The SMILES string of the molecule is CC(C)CN(CC(O)c1ccc(F)cc1)C(=O)Cn1ncc2ncccc21. The van der Waals surface area contributed by atoms with E-state index in [9.17, 15) is 14.3 Å². The Balaban J connectivity index is 1.75. The third-order valence-electron chi connectivity index (χ3n) is 4.29. The van der Waals surface area contributed by atoms with E-state index in [-0.39, 0.29) is 30.7 Å². The molecule has 3 aromatic rings. The van der Waals surface area contributed by atoms with Crippen LogP contribution in [0.5, 0.6) is 0 Å². The molecule has 0 aliphatic heterocycles. The standard InChI is InChI=1S/C20H23FN4O2/c1-14(2)11-24(12-19(26)15-5-7-16(21)8-6-15)20(27)13-25-18-4-3-9-22-17(18)10-23-25/h3-10,14,19,26H,11-13H2,1-2H3. The summed E-state index contributed by atoms with van der Waals surface area (Å²) in [7, 11) is 0. The van der Waals surface area contributed by atoms with Gasteiger partial charge in [0.1, 0.15) is 17.9 Å². The second-order valence-corrected chi connectivity index (χ2v) is 6.97. The Kier molecular flexibility index (Phi) is 5.81. The Hall–Kier alpha value is -2.80. The molecule has 0 aliphatic rings. The maximum absolute atomic E-state index is 13.1. The fourth-order valence-corrected chi connectivity index (χ4v) is 2.99. The second-order valence-electron chi connectivity index (χ2n) is 6.97. The van der Waals surface area contributed by atoms with Crippen LogP contribution in [0.4, 0.5) is 4.39 Å². The normalized spacial score (nSPS) is 12.5. The highest BCUT2D eigenvalue weighted by molar-refractivity contribution is 5.79. The van der Waals surface area contributed by atoms with Crippen LogP contribution in [-0.4, -0.2) is 43.8 Å². The molecule has 7 heteroatoms. The van der Waals surface area contributed by atoms with Gasteiger partial charge in [0.25, 0.3) is 0 Å². The molecule has 142 valence electrons. The average molecular weight is 370 g/mol. The lowest BCUT2D eigenvalue weighted by Gasteiger charge is -2.27. The van der Waals surface area contributed by atoms with Gasteiger partial charge in [-0.15, -0.1) is 0 Å². The Morgan fingerprint density at radius 1 is 1.22 bits per heavy atom. The molecular weight excluding hydrogens is 347 g/mol. The van der Waals surface area contributed by atoms with Crippen molar-refractivity contribution in [1.82, 2.24) is 19.7 Å². The molecule has 6 nitrogen and oxygen atoms in total. The number of carbonyl (C=O) groups is 1. The lowest BCUT2D eigenvalue weighted by molar-refractivity contribution is -0.134. The number of hydrogen-bond acceptors (Lipinski definition) is 4. The van der Waals surface area contributed by atoms with E-state index in [1.54, 1.807) is 28.0 Å². The van der Waals surface area contributed by atoms with Crippen LogP contribution >= 0.6 is 0 Å². The number of aliphatic hydroxyl groups excluding tert-OH is 1. The van der Waals surface area contributed by atoms with E-state index in [1.165, 1.54) is 24.3 Å². The van der Waals surface area contributed by atoms with Crippen LogP contribution in [-0.2, 0) is 11.3 Å². The van der Waals surface area contributed by atoms with Crippen molar-refractivity contribution in [2.24, 2.45) is 5.92 Å². The largest absolute Gasteiger partial charge is 0.387 e. The highest BCUT2D eigenvalue weighted by Gasteiger charge is 2.21. The highest BCUT2D eigenvalue weighted by Crippen LogP contribution is 2.17. The molecule has 0 fully saturated rings. The predicted octanol–water partition coefficient (Wildman–Crippen LogP) is 2.79. The first-order chi connectivity index (χ1) is 12.9. The molecular formula is C20H23FN4O2. The minimum atomic E-state index is -0.885. The van der Waals surface area contributed by atoms with E-state index in [0.717, 1.165) is 11.0 Å². The van der Waals surface area contributed by atoms with Crippen LogP contribution in [0, 0.1) is 11.7 Å². The van der Waals surface area contributed by atoms with Gasteiger partial charge < -0.3 is 10.0 Å². The number of carbonyl (C=O) groups excluding carboxylic acids is 1. The van der Waals surface area contributed by atoms with Gasteiger partial charge in [0, 0.05) is 12.7 Å². The average Bonchev–Trinajstić information content (AvgIpc) is 3.04. The van der Waals surface area contributed by atoms with Crippen LogP contribution in [0.15, 0.2) is 48.8 Å². The van der Waals surface area contributed by atoms with Crippen molar-refractivity contribution in [3.8, 4) is 0 Å². The number of aromatic nitrogens is 3. The number of benzene rings is 1. The molecule has 2 aromatic heterocycles. The van der Waals surface area contributed by atoms with Crippen molar-refractivity contribution < 1.29 is 14.3 Å². The third-order valence-corrected chi connectivity index (χ3v) is 4.29. The first kappa shape index (κ1) is 19.0. The number of fused-ring (bicyclic) bond motifs is 1. The summed E-state index contributed by atoms with van der Waals surface area (Å²) in [6.45, 7) is 4.74. The number of aliphatic hydroxyl groups is 1. The molecule has 3 rings (SSSR count). The Morgan fingerprint density at radius 2 is 1.96 bits per heavy atom. The number of nitrogens with zero attached hydrogens (tertiary/aromatic N) is 4. The topological polar surface area (TPSA) is 71.2 Å². The van der Waals surface area contributed by atoms with E-state index in [4.69, 9.17) is 0 Å². The van der Waals surface area contributed by atoms with Crippen LogP contribution in [0.2, 0.25) is 0 Å². The molecule has 0 saturated heterocycles. The summed E-state index contributed by atoms with van der Waals surface area (Å²) in [5.41, 5.74) is 2.09. The van der Waals surface area contributed by atoms with Crippen LogP contribution in [0.1, 0.15) is 25.5 Å². The fourth-order valence-electron chi connectivity index (χ4n) is 2.99. The van der Waals surface area contributed by atoms with Crippen molar-refractivity contribution in [3.63, 3.8) is 0 Å². The van der Waals surface area contributed by atoms with Crippen LogP contribution in [0.25, 0.3) is 11.0 Å². The number of amides is 1. The first-order valence-corrected chi connectivity index (χ1v) is 8.92. The van der Waals surface area contributed by atoms with Crippen LogP contribution in [0.3, 0.4) is 0 Å². The zero-order chi connectivity index (χ0) is 19.4. The number of rotatable bonds is 7. The monoisotopic (exact) mass is 370 g/mol. The Morgan fingerprint density at radius 3 is 2.67 bits per heavy atom. The van der Waals surface area contributed by atoms with Crippen molar-refractivity contribution in [3.05, 3.63) is 60.2 Å². The van der Waals surface area contributed by atoms with Gasteiger partial charge in [-0.3, -0.25) is 14.5 Å². The van der Waals surface area contributed by atoms with Crippen molar-refractivity contribution in [1.29, 1.82) is 0 Å². The molecule has 0 bridgehead atoms. The predicted molar refractivity (Wildman–Crippen MR) is 100 cm³/mol. The molecule has 1 atom stereocenters. The lowest BCUT2D eigenvalue weighted by Crippen LogP contribution is -2.39. The minimum Gasteiger partial charge on any atom is -0.387 e. The van der Waals surface area contributed by atoms with E-state index < -0.39 is 6.10 Å². The van der Waals surface area contributed by atoms with Crippen molar-refractivity contribution >= 4 is 16.9 Å². The summed E-state index contributed by atoms with van der Waals surface area (Å²) < 4.78 is 14.7. The summed E-state index contributed by atoms with van der Waals surface area (Å²) in [5.74, 6) is -0.260. The van der Waals surface area contributed by atoms with E-state index >= 15 is 0 Å². The van der Waals surface area contributed by atoms with Gasteiger partial charge in [-0.25, -0.2) is 4.39 Å². The zero-order valence-corrected chi connectivity index (χ0v) is 15.4. The lowest BCUT2D eigenvalue weighted by atomic mass is 10.1. The van der Waals surface area contributed by atoms with Crippen LogP contribution < -0.4 is 0 Å². The van der Waals surface area contributed by atoms with Crippen molar-refractivity contribution in [2.45, 2.75) is 26.5 Å². The zero-order valence-electron chi connectivity index (χ0n) is 15.4. The minimum absolute atomic E-state index is 0.0675. The molecule has 0 spiro atoms. The fraction of sp³-hybridized carbons (Fsp3) is 0.350. The molecule has 0 saturated carbocycles. The van der Waals surface area contributed by atoms with Gasteiger partial charge in [0.2, 0.25) is 5.91 Å². The van der Waals surface area contributed by atoms with E-state index in [2.05, 4.69) is 10.1 Å². The molecule has 2 heterocycles. The molecule has 1 aromatic carbocycles. The smallest absolute Gasteiger partial charge is 0.244 e. The summed E-state index contributed by atoms with van der Waals surface area (Å²) in [6, 6.07) is 9.33. The number of hydrogen-bond donors (Lipinski definition) is 1.